The highest BCUT2D eigenvalue weighted by Crippen LogP contribution is 2.23. The van der Waals surface area contributed by atoms with Crippen molar-refractivity contribution in [1.29, 1.82) is 0 Å². The van der Waals surface area contributed by atoms with E-state index >= 15 is 0 Å². The van der Waals surface area contributed by atoms with E-state index < -0.39 is 0 Å². The van der Waals surface area contributed by atoms with E-state index in [1.807, 2.05) is 25.1 Å². The number of amides is 2. The Bertz CT molecular complexity index is 532. The van der Waals surface area contributed by atoms with Crippen LogP contribution in [0.1, 0.15) is 25.3 Å². The molecule has 2 N–H and O–H groups in total. The van der Waals surface area contributed by atoms with E-state index in [0.717, 1.165) is 6.54 Å². The molecule has 5 nitrogen and oxygen atoms in total. The molecule has 2 fully saturated rings. The number of hydrogen-bond acceptors (Lipinski definition) is 3. The first-order valence-electron chi connectivity index (χ1n) is 7.57. The summed E-state index contributed by atoms with van der Waals surface area (Å²) in [5, 5.41) is 6.28. The fraction of sp³-hybridized carbons (Fsp3) is 0.500. The summed E-state index contributed by atoms with van der Waals surface area (Å²) in [5.74, 6) is 0.0524. The second-order valence-electron chi connectivity index (χ2n) is 5.77. The molecule has 5 heteroatoms. The number of piperazine rings is 1. The summed E-state index contributed by atoms with van der Waals surface area (Å²) in [6.45, 7) is 3.31. The van der Waals surface area contributed by atoms with E-state index in [1.165, 1.54) is 5.56 Å². The van der Waals surface area contributed by atoms with Gasteiger partial charge >= 0.3 is 0 Å². The normalized spacial score (nSPS) is 28.4. The van der Waals surface area contributed by atoms with Gasteiger partial charge in [0.1, 0.15) is 12.1 Å². The van der Waals surface area contributed by atoms with Gasteiger partial charge in [-0.05, 0) is 18.4 Å². The Hall–Kier alpha value is -1.88. The summed E-state index contributed by atoms with van der Waals surface area (Å²) in [4.78, 5) is 26.1. The smallest absolute Gasteiger partial charge is 0.245 e. The molecule has 2 saturated heterocycles. The molecule has 3 atom stereocenters. The van der Waals surface area contributed by atoms with Crippen molar-refractivity contribution >= 4 is 11.8 Å². The Morgan fingerprint density at radius 1 is 1.29 bits per heavy atom. The molecule has 0 spiro atoms. The summed E-state index contributed by atoms with van der Waals surface area (Å²) in [6.07, 6.45) is 1.34. The molecular formula is C16H21N3O2. The average molecular weight is 287 g/mol. The first-order valence-corrected chi connectivity index (χ1v) is 7.57. The van der Waals surface area contributed by atoms with Crippen LogP contribution in [0.3, 0.4) is 0 Å². The van der Waals surface area contributed by atoms with Gasteiger partial charge in [-0.25, -0.2) is 0 Å². The Morgan fingerprint density at radius 2 is 2.05 bits per heavy atom. The van der Waals surface area contributed by atoms with Crippen molar-refractivity contribution in [3.8, 4) is 0 Å². The summed E-state index contributed by atoms with van der Waals surface area (Å²) < 4.78 is 0. The molecule has 3 rings (SSSR count). The van der Waals surface area contributed by atoms with E-state index in [1.54, 1.807) is 4.90 Å². The Morgan fingerprint density at radius 3 is 2.76 bits per heavy atom. The molecule has 112 valence electrons. The molecule has 0 saturated carbocycles. The summed E-state index contributed by atoms with van der Waals surface area (Å²) in [6, 6.07) is 9.69. The number of rotatable bonds is 4. The highest BCUT2D eigenvalue weighted by molar-refractivity contribution is 5.97. The molecule has 0 aromatic heterocycles. The van der Waals surface area contributed by atoms with Gasteiger partial charge in [-0.3, -0.25) is 9.59 Å². The minimum atomic E-state index is -0.346. The maximum atomic E-state index is 12.3. The van der Waals surface area contributed by atoms with Gasteiger partial charge in [0, 0.05) is 19.1 Å². The third kappa shape index (κ3) is 2.78. The van der Waals surface area contributed by atoms with Gasteiger partial charge < -0.3 is 15.5 Å². The second kappa shape index (κ2) is 5.85. The highest BCUT2D eigenvalue weighted by atomic mass is 16.2. The SMILES string of the molecule is CC[C@@H]1NC(=O)[C@@H]2C[C@H](NCc3ccccc3)CN2C1=O. The van der Waals surface area contributed by atoms with E-state index in [0.29, 0.717) is 19.4 Å². The quantitative estimate of drug-likeness (QED) is 0.855. The van der Waals surface area contributed by atoms with Gasteiger partial charge in [-0.2, -0.15) is 0 Å². The first kappa shape index (κ1) is 14.1. The number of nitrogens with zero attached hydrogens (tertiary/aromatic N) is 1. The van der Waals surface area contributed by atoms with Gasteiger partial charge in [0.15, 0.2) is 0 Å². The molecule has 0 bridgehead atoms. The van der Waals surface area contributed by atoms with E-state index in [2.05, 4.69) is 22.8 Å². The van der Waals surface area contributed by atoms with Crippen molar-refractivity contribution < 1.29 is 9.59 Å². The van der Waals surface area contributed by atoms with Gasteiger partial charge in [-0.1, -0.05) is 37.3 Å². The minimum absolute atomic E-state index is 0.00883. The number of carbonyl (C=O) groups is 2. The monoisotopic (exact) mass is 287 g/mol. The lowest BCUT2D eigenvalue weighted by Gasteiger charge is -2.33. The van der Waals surface area contributed by atoms with Crippen LogP contribution in [0.2, 0.25) is 0 Å². The first-order chi connectivity index (χ1) is 10.2. The number of hydrogen-bond donors (Lipinski definition) is 2. The largest absolute Gasteiger partial charge is 0.343 e. The van der Waals surface area contributed by atoms with Crippen molar-refractivity contribution in [3.63, 3.8) is 0 Å². The molecule has 21 heavy (non-hydrogen) atoms. The van der Waals surface area contributed by atoms with Crippen molar-refractivity contribution in [2.75, 3.05) is 6.54 Å². The van der Waals surface area contributed by atoms with E-state index in [9.17, 15) is 9.59 Å². The molecule has 1 aromatic carbocycles. The van der Waals surface area contributed by atoms with Crippen LogP contribution >= 0.6 is 0 Å². The van der Waals surface area contributed by atoms with Crippen LogP contribution in [0.15, 0.2) is 30.3 Å². The van der Waals surface area contributed by atoms with Crippen LogP contribution in [-0.4, -0.2) is 41.4 Å². The van der Waals surface area contributed by atoms with Gasteiger partial charge in [0.25, 0.3) is 0 Å². The molecule has 1 aromatic rings. The maximum absolute atomic E-state index is 12.3. The van der Waals surface area contributed by atoms with E-state index in [-0.39, 0.29) is 29.9 Å². The second-order valence-corrected chi connectivity index (χ2v) is 5.77. The minimum Gasteiger partial charge on any atom is -0.343 e. The van der Waals surface area contributed by atoms with Crippen molar-refractivity contribution in [1.82, 2.24) is 15.5 Å². The average Bonchev–Trinajstić information content (AvgIpc) is 2.95. The van der Waals surface area contributed by atoms with Crippen LogP contribution in [-0.2, 0) is 16.1 Å². The predicted octanol–water partition coefficient (Wildman–Crippen LogP) is 0.654. The van der Waals surface area contributed by atoms with Crippen LogP contribution < -0.4 is 10.6 Å². The highest BCUT2D eigenvalue weighted by Gasteiger charge is 2.45. The predicted molar refractivity (Wildman–Crippen MR) is 79.4 cm³/mol. The lowest BCUT2D eigenvalue weighted by Crippen LogP contribution is -2.60. The molecule has 0 unspecified atom stereocenters. The van der Waals surface area contributed by atoms with Crippen molar-refractivity contribution in [3.05, 3.63) is 35.9 Å². The number of nitrogens with one attached hydrogen (secondary N) is 2. The summed E-state index contributed by atoms with van der Waals surface area (Å²) >= 11 is 0. The zero-order valence-corrected chi connectivity index (χ0v) is 12.2. The van der Waals surface area contributed by atoms with Crippen LogP contribution in [0.25, 0.3) is 0 Å². The zero-order chi connectivity index (χ0) is 14.8. The molecular weight excluding hydrogens is 266 g/mol. The van der Waals surface area contributed by atoms with Crippen LogP contribution in [0, 0.1) is 0 Å². The molecule has 2 aliphatic rings. The number of fused-ring (bicyclic) bond motifs is 1. The lowest BCUT2D eigenvalue weighted by atomic mass is 10.1. The Balaban J connectivity index is 1.61. The number of carbonyl (C=O) groups excluding carboxylic acids is 2. The van der Waals surface area contributed by atoms with Gasteiger partial charge in [0.05, 0.1) is 0 Å². The third-order valence-corrected chi connectivity index (χ3v) is 4.35. The molecule has 0 aliphatic carbocycles. The Kier molecular flexibility index (Phi) is 3.92. The molecule has 0 radical (unpaired) electrons. The number of benzene rings is 1. The van der Waals surface area contributed by atoms with Crippen LogP contribution in [0.4, 0.5) is 0 Å². The van der Waals surface area contributed by atoms with Gasteiger partial charge in [-0.15, -0.1) is 0 Å². The molecule has 2 heterocycles. The molecule has 2 amide bonds. The standard InChI is InChI=1S/C16H21N3O2/c1-2-13-16(21)19-10-12(8-14(19)15(20)18-13)17-9-11-6-4-3-5-7-11/h3-7,12-14,17H,2,8-10H2,1H3,(H,18,20)/t12-,13-,14-/m0/s1. The maximum Gasteiger partial charge on any atom is 0.245 e. The fourth-order valence-corrected chi connectivity index (χ4v) is 3.14. The lowest BCUT2D eigenvalue weighted by molar-refractivity contribution is -0.147. The zero-order valence-electron chi connectivity index (χ0n) is 12.2. The van der Waals surface area contributed by atoms with Crippen molar-refractivity contribution in [2.24, 2.45) is 0 Å². The summed E-state index contributed by atoms with van der Waals surface area (Å²) in [7, 11) is 0. The van der Waals surface area contributed by atoms with Crippen LogP contribution in [0.5, 0.6) is 0 Å². The topological polar surface area (TPSA) is 61.4 Å². The van der Waals surface area contributed by atoms with Gasteiger partial charge in [0.2, 0.25) is 11.8 Å². The summed E-state index contributed by atoms with van der Waals surface area (Å²) in [5.41, 5.74) is 1.21. The van der Waals surface area contributed by atoms with E-state index in [4.69, 9.17) is 0 Å². The fourth-order valence-electron chi connectivity index (χ4n) is 3.14. The Labute approximate surface area is 124 Å². The third-order valence-electron chi connectivity index (χ3n) is 4.35. The molecule has 2 aliphatic heterocycles. The van der Waals surface area contributed by atoms with Crippen molar-refractivity contribution in [2.45, 2.75) is 44.4 Å².